The molecule has 2 N–H and O–H groups in total. The lowest BCUT2D eigenvalue weighted by Gasteiger charge is -2.31. The highest BCUT2D eigenvalue weighted by Gasteiger charge is 2.27. The molecule has 1 aromatic rings. The molecule has 110 valence electrons. The topological polar surface area (TPSA) is 42.8 Å². The smallest absolute Gasteiger partial charge is 0.279 e. The number of ether oxygens (including phenoxy) is 1. The zero-order chi connectivity index (χ0) is 14.7. The van der Waals surface area contributed by atoms with Crippen LogP contribution in [0.1, 0.15) is 19.4 Å². The third-order valence-electron chi connectivity index (χ3n) is 3.50. The molecule has 1 fully saturated rings. The number of benzene rings is 1. The Morgan fingerprint density at radius 3 is 2.70 bits per heavy atom. The van der Waals surface area contributed by atoms with Crippen molar-refractivity contribution >= 4 is 23.2 Å². The van der Waals surface area contributed by atoms with Crippen molar-refractivity contribution in [1.82, 2.24) is 0 Å². The van der Waals surface area contributed by atoms with Crippen LogP contribution in [0.25, 0.3) is 0 Å². The zero-order valence-corrected chi connectivity index (χ0v) is 13.0. The first-order valence-corrected chi connectivity index (χ1v) is 7.37. The van der Waals surface area contributed by atoms with Crippen LogP contribution in [0.3, 0.4) is 0 Å². The van der Waals surface area contributed by atoms with Crippen molar-refractivity contribution in [3.8, 4) is 0 Å². The van der Waals surface area contributed by atoms with Gasteiger partial charge in [-0.15, -0.1) is 0 Å². The highest BCUT2D eigenvalue weighted by atomic mass is 35.5. The van der Waals surface area contributed by atoms with Crippen LogP contribution < -0.4 is 10.2 Å². The largest absolute Gasteiger partial charge is 0.364 e. The van der Waals surface area contributed by atoms with E-state index in [9.17, 15) is 4.79 Å². The van der Waals surface area contributed by atoms with E-state index in [0.717, 1.165) is 24.3 Å². The van der Waals surface area contributed by atoms with E-state index in [2.05, 4.69) is 19.2 Å². The van der Waals surface area contributed by atoms with E-state index in [1.807, 2.05) is 19.1 Å². The first-order chi connectivity index (χ1) is 9.44. The van der Waals surface area contributed by atoms with Crippen LogP contribution in [0.15, 0.2) is 18.2 Å². The van der Waals surface area contributed by atoms with Crippen molar-refractivity contribution in [2.75, 3.05) is 25.0 Å². The fourth-order valence-electron chi connectivity index (χ4n) is 2.68. The molecule has 0 radical (unpaired) electrons. The van der Waals surface area contributed by atoms with E-state index in [0.29, 0.717) is 11.6 Å². The first-order valence-electron chi connectivity index (χ1n) is 6.99. The van der Waals surface area contributed by atoms with E-state index in [1.165, 1.54) is 4.90 Å². The van der Waals surface area contributed by atoms with Crippen molar-refractivity contribution in [1.29, 1.82) is 0 Å². The number of hydrogen-bond donors (Lipinski definition) is 2. The third-order valence-corrected chi connectivity index (χ3v) is 3.74. The van der Waals surface area contributed by atoms with Gasteiger partial charge in [-0.2, -0.15) is 0 Å². The molecule has 5 heteroatoms. The second-order valence-electron chi connectivity index (χ2n) is 5.60. The van der Waals surface area contributed by atoms with Gasteiger partial charge in [-0.3, -0.25) is 4.79 Å². The summed E-state index contributed by atoms with van der Waals surface area (Å²) in [6.45, 7) is 8.25. The summed E-state index contributed by atoms with van der Waals surface area (Å²) >= 11 is 5.96. The van der Waals surface area contributed by atoms with Crippen LogP contribution in [0.4, 0.5) is 5.69 Å². The molecule has 0 unspecified atom stereocenters. The van der Waals surface area contributed by atoms with Gasteiger partial charge < -0.3 is 15.0 Å². The predicted octanol–water partition coefficient (Wildman–Crippen LogP) is 1.28. The normalized spacial score (nSPS) is 26.3. The number of halogens is 1. The number of carbonyl (C=O) groups excluding carboxylic acids is 1. The van der Waals surface area contributed by atoms with E-state index in [1.54, 1.807) is 6.07 Å². The summed E-state index contributed by atoms with van der Waals surface area (Å²) < 4.78 is 5.68. The number of hydrogen-bond acceptors (Lipinski definition) is 2. The van der Waals surface area contributed by atoms with Crippen LogP contribution in [-0.2, 0) is 9.53 Å². The summed E-state index contributed by atoms with van der Waals surface area (Å²) in [6, 6.07) is 5.52. The van der Waals surface area contributed by atoms with Gasteiger partial charge in [0, 0.05) is 10.7 Å². The monoisotopic (exact) mass is 297 g/mol. The lowest BCUT2D eigenvalue weighted by atomic mass is 10.2. The van der Waals surface area contributed by atoms with Gasteiger partial charge in [0.25, 0.3) is 5.91 Å². The van der Waals surface area contributed by atoms with Crippen LogP contribution in [-0.4, -0.2) is 37.7 Å². The Morgan fingerprint density at radius 1 is 1.40 bits per heavy atom. The molecule has 4 nitrogen and oxygen atoms in total. The Kier molecular flexibility index (Phi) is 5.02. The third kappa shape index (κ3) is 4.20. The molecule has 20 heavy (non-hydrogen) atoms. The van der Waals surface area contributed by atoms with Crippen molar-refractivity contribution < 1.29 is 14.4 Å². The molecule has 0 spiro atoms. The number of rotatable bonds is 3. The highest BCUT2D eigenvalue weighted by Crippen LogP contribution is 2.19. The quantitative estimate of drug-likeness (QED) is 0.883. The predicted molar refractivity (Wildman–Crippen MR) is 80.4 cm³/mol. The molecule has 0 bridgehead atoms. The Bertz CT molecular complexity index is 483. The van der Waals surface area contributed by atoms with Gasteiger partial charge in [-0.25, -0.2) is 0 Å². The van der Waals surface area contributed by atoms with Crippen molar-refractivity contribution in [3.63, 3.8) is 0 Å². The van der Waals surface area contributed by atoms with Gasteiger partial charge in [-0.05, 0) is 38.5 Å². The number of morpholine rings is 1. The Labute approximate surface area is 125 Å². The molecule has 1 amide bonds. The summed E-state index contributed by atoms with van der Waals surface area (Å²) in [5.74, 6) is 0.0201. The van der Waals surface area contributed by atoms with E-state index < -0.39 is 0 Å². The van der Waals surface area contributed by atoms with Crippen LogP contribution in [0.2, 0.25) is 5.02 Å². The molecule has 2 rings (SSSR count). The Balaban J connectivity index is 1.93. The fourth-order valence-corrected chi connectivity index (χ4v) is 2.86. The number of aryl methyl sites for hydroxylation is 1. The number of quaternary nitrogens is 1. The minimum atomic E-state index is 0.0201. The molecule has 1 heterocycles. The molecular formula is C15H22ClN2O2+. The van der Waals surface area contributed by atoms with Gasteiger partial charge in [0.15, 0.2) is 6.54 Å². The number of amides is 1. The molecular weight excluding hydrogens is 276 g/mol. The molecule has 0 aliphatic carbocycles. The van der Waals surface area contributed by atoms with Gasteiger partial charge in [-0.1, -0.05) is 17.7 Å². The van der Waals surface area contributed by atoms with Gasteiger partial charge >= 0.3 is 0 Å². The van der Waals surface area contributed by atoms with E-state index >= 15 is 0 Å². The second-order valence-corrected chi connectivity index (χ2v) is 6.04. The maximum absolute atomic E-state index is 12.1. The Morgan fingerprint density at radius 2 is 2.05 bits per heavy atom. The first kappa shape index (κ1) is 15.3. The van der Waals surface area contributed by atoms with Crippen molar-refractivity contribution in [2.45, 2.75) is 33.0 Å². The SMILES string of the molecule is Cc1ccc(Cl)cc1NC(=O)C[NH+]1C[C@@H](C)O[C@H](C)C1. The van der Waals surface area contributed by atoms with Gasteiger partial charge in [0.1, 0.15) is 25.3 Å². The summed E-state index contributed by atoms with van der Waals surface area (Å²) in [4.78, 5) is 13.4. The summed E-state index contributed by atoms with van der Waals surface area (Å²) in [5, 5.41) is 3.57. The number of carbonyl (C=O) groups is 1. The lowest BCUT2D eigenvalue weighted by Crippen LogP contribution is -3.16. The molecule has 2 atom stereocenters. The van der Waals surface area contributed by atoms with Crippen LogP contribution >= 0.6 is 11.6 Å². The molecule has 1 aromatic carbocycles. The molecule has 1 aliphatic rings. The molecule has 0 saturated carbocycles. The average molecular weight is 298 g/mol. The molecule has 0 aromatic heterocycles. The Hall–Kier alpha value is -1.10. The van der Waals surface area contributed by atoms with Crippen molar-refractivity contribution in [2.24, 2.45) is 0 Å². The molecule has 1 saturated heterocycles. The standard InChI is InChI=1S/C15H21ClN2O2/c1-10-4-5-13(16)6-14(10)17-15(19)9-18-7-11(2)20-12(3)8-18/h4-6,11-12H,7-9H2,1-3H3,(H,17,19)/p+1/t11-,12-/m1/s1. The van der Waals surface area contributed by atoms with E-state index in [-0.39, 0.29) is 18.1 Å². The average Bonchev–Trinajstić information content (AvgIpc) is 2.32. The number of nitrogens with one attached hydrogen (secondary N) is 2. The minimum absolute atomic E-state index is 0.0201. The van der Waals surface area contributed by atoms with Crippen LogP contribution in [0.5, 0.6) is 0 Å². The van der Waals surface area contributed by atoms with Crippen LogP contribution in [0, 0.1) is 6.92 Å². The highest BCUT2D eigenvalue weighted by molar-refractivity contribution is 6.31. The zero-order valence-electron chi connectivity index (χ0n) is 12.2. The lowest BCUT2D eigenvalue weighted by molar-refractivity contribution is -0.907. The van der Waals surface area contributed by atoms with E-state index in [4.69, 9.17) is 16.3 Å². The number of anilines is 1. The van der Waals surface area contributed by atoms with Gasteiger partial charge in [0.05, 0.1) is 0 Å². The maximum atomic E-state index is 12.1. The van der Waals surface area contributed by atoms with Crippen molar-refractivity contribution in [3.05, 3.63) is 28.8 Å². The summed E-state index contributed by atoms with van der Waals surface area (Å²) in [5.41, 5.74) is 1.80. The second kappa shape index (κ2) is 6.57. The summed E-state index contributed by atoms with van der Waals surface area (Å²) in [7, 11) is 0. The summed E-state index contributed by atoms with van der Waals surface area (Å²) in [6.07, 6.45) is 0.406. The fraction of sp³-hybridized carbons (Fsp3) is 0.533. The minimum Gasteiger partial charge on any atom is -0.364 e. The maximum Gasteiger partial charge on any atom is 0.279 e. The molecule has 1 aliphatic heterocycles. The van der Waals surface area contributed by atoms with Gasteiger partial charge in [0.2, 0.25) is 0 Å².